The number of likely N-dealkylation sites (N-methyl/N-ethyl adjacent to an activating group) is 1. The van der Waals surface area contributed by atoms with Crippen LogP contribution in [0.1, 0.15) is 65.4 Å². The second kappa shape index (κ2) is 11.7. The Hall–Kier alpha value is -4.19. The molecule has 0 bridgehead atoms. The number of benzene rings is 1. The van der Waals surface area contributed by atoms with Crippen molar-refractivity contribution in [3.8, 4) is 11.5 Å². The van der Waals surface area contributed by atoms with E-state index in [9.17, 15) is 14.4 Å². The summed E-state index contributed by atoms with van der Waals surface area (Å²) in [5.74, 6) is -0.579. The van der Waals surface area contributed by atoms with Crippen molar-refractivity contribution in [2.24, 2.45) is 0 Å². The summed E-state index contributed by atoms with van der Waals surface area (Å²) in [6.07, 6.45) is -0.369. The van der Waals surface area contributed by atoms with Gasteiger partial charge in [-0.3, -0.25) is 15.0 Å². The molecule has 0 saturated carbocycles. The highest BCUT2D eigenvalue weighted by Gasteiger charge is 2.34. The van der Waals surface area contributed by atoms with Crippen LogP contribution in [0.4, 0.5) is 5.69 Å². The Morgan fingerprint density at radius 1 is 1.24 bits per heavy atom. The summed E-state index contributed by atoms with van der Waals surface area (Å²) in [7, 11) is 3.40. The van der Waals surface area contributed by atoms with Crippen molar-refractivity contribution >= 4 is 29.2 Å². The Morgan fingerprint density at radius 3 is 2.61 bits per heavy atom. The maximum absolute atomic E-state index is 13.6. The molecule has 0 radical (unpaired) electrons. The summed E-state index contributed by atoms with van der Waals surface area (Å²) in [5.41, 5.74) is 2.89. The number of nitrogens with zero attached hydrogens (tertiary/aromatic N) is 3. The molecule has 1 atom stereocenters. The number of aliphatic carboxylic acids is 1. The van der Waals surface area contributed by atoms with Gasteiger partial charge in [-0.15, -0.1) is 0 Å². The Bertz CT molecular complexity index is 1380. The average Bonchev–Trinajstić information content (AvgIpc) is 3.20. The van der Waals surface area contributed by atoms with E-state index in [-0.39, 0.29) is 42.0 Å². The fraction of sp³-hybridized carbons (Fsp3) is 0.483. The van der Waals surface area contributed by atoms with Crippen LogP contribution in [0.3, 0.4) is 0 Å². The molecule has 2 aliphatic heterocycles. The number of carboxylic acids is 1. The summed E-state index contributed by atoms with van der Waals surface area (Å²) < 4.78 is 17.2. The highest BCUT2D eigenvalue weighted by molar-refractivity contribution is 6.06. The first-order valence-corrected chi connectivity index (χ1v) is 13.5. The minimum atomic E-state index is -1.04. The van der Waals surface area contributed by atoms with E-state index in [1.165, 1.54) is 7.05 Å². The van der Waals surface area contributed by atoms with Crippen molar-refractivity contribution in [2.45, 2.75) is 45.8 Å². The third-order valence-corrected chi connectivity index (χ3v) is 6.95. The lowest BCUT2D eigenvalue weighted by atomic mass is 9.84. The number of fused-ring (bicyclic) bond motifs is 2. The van der Waals surface area contributed by atoms with E-state index in [1.807, 2.05) is 45.7 Å². The van der Waals surface area contributed by atoms with Gasteiger partial charge in [0.2, 0.25) is 0 Å². The first-order valence-electron chi connectivity index (χ1n) is 13.5. The number of hydrogen-bond donors (Lipinski definition) is 3. The first kappa shape index (κ1) is 29.8. The highest BCUT2D eigenvalue weighted by atomic mass is 16.5. The molecule has 41 heavy (non-hydrogen) atoms. The molecule has 12 nitrogen and oxygen atoms in total. The van der Waals surface area contributed by atoms with Gasteiger partial charge in [0.25, 0.3) is 5.91 Å². The molecule has 1 aromatic carbocycles. The molecule has 0 fully saturated rings. The number of anilines is 1. The van der Waals surface area contributed by atoms with E-state index < -0.39 is 18.5 Å². The summed E-state index contributed by atoms with van der Waals surface area (Å²) in [4.78, 5) is 44.9. The lowest BCUT2D eigenvalue weighted by Gasteiger charge is -2.37. The van der Waals surface area contributed by atoms with Crippen molar-refractivity contribution in [1.82, 2.24) is 15.2 Å². The molecule has 1 aromatic heterocycles. The summed E-state index contributed by atoms with van der Waals surface area (Å²) in [6.45, 7) is 8.68. The topological polar surface area (TPSA) is 154 Å². The number of amidine groups is 1. The fourth-order valence-corrected chi connectivity index (χ4v) is 4.95. The van der Waals surface area contributed by atoms with E-state index in [2.05, 4.69) is 10.3 Å². The van der Waals surface area contributed by atoms with Gasteiger partial charge in [-0.1, -0.05) is 20.8 Å². The molecule has 2 aliphatic rings. The Morgan fingerprint density at radius 2 is 1.98 bits per heavy atom. The number of rotatable bonds is 10. The number of carbonyl (C=O) groups excluding carboxylic acids is 2. The zero-order valence-electron chi connectivity index (χ0n) is 24.3. The van der Waals surface area contributed by atoms with E-state index in [4.69, 9.17) is 24.7 Å². The number of nitrogens with one attached hydrogen (secondary N) is 2. The normalized spacial score (nSPS) is 16.1. The van der Waals surface area contributed by atoms with Crippen molar-refractivity contribution in [1.29, 1.82) is 5.41 Å². The molecule has 3 N–H and O–H groups in total. The monoisotopic (exact) mass is 567 g/mol. The van der Waals surface area contributed by atoms with Gasteiger partial charge in [0.05, 0.1) is 32.0 Å². The predicted molar refractivity (Wildman–Crippen MR) is 152 cm³/mol. The van der Waals surface area contributed by atoms with Crippen LogP contribution in [0.2, 0.25) is 0 Å². The summed E-state index contributed by atoms with van der Waals surface area (Å²) in [6, 6.07) is 5.34. The van der Waals surface area contributed by atoms with Crippen LogP contribution in [0.15, 0.2) is 18.2 Å². The average molecular weight is 568 g/mol. The molecule has 1 unspecified atom stereocenters. The number of aromatic nitrogens is 1. The number of carbonyl (C=O) groups is 3. The predicted octanol–water partition coefficient (Wildman–Crippen LogP) is 2.46. The molecular weight excluding hydrogens is 530 g/mol. The summed E-state index contributed by atoms with van der Waals surface area (Å²) in [5, 5.41) is 20.1. The number of Topliss-reactive ketones (excluding diaryl/α,β-unsaturated/α-hetero) is 1. The second-order valence-electron chi connectivity index (χ2n) is 11.1. The molecule has 0 spiro atoms. The Balaban J connectivity index is 1.59. The zero-order valence-corrected chi connectivity index (χ0v) is 24.3. The largest absolute Gasteiger partial charge is 0.491 e. The number of ether oxygens (including phenoxy) is 3. The molecule has 0 saturated heterocycles. The second-order valence-corrected chi connectivity index (χ2v) is 11.1. The number of hydrogen-bond acceptors (Lipinski definition) is 9. The molecule has 1 amide bonds. The number of amides is 1. The zero-order chi connectivity index (χ0) is 30.1. The maximum Gasteiger partial charge on any atom is 0.329 e. The van der Waals surface area contributed by atoms with Crippen molar-refractivity contribution < 1.29 is 33.7 Å². The minimum Gasteiger partial charge on any atom is -0.491 e. The quantitative estimate of drug-likeness (QED) is 0.365. The SMILES string of the molecule is CCOc1cc2c(nc1C(=O)NC)C(=N)N(CC(=O)c1cc3c(c(C(C)(C)C)c1)OC(COCC(=O)O)CN3C)C2. The van der Waals surface area contributed by atoms with Gasteiger partial charge in [0.15, 0.2) is 17.2 Å². The van der Waals surface area contributed by atoms with Gasteiger partial charge in [-0.25, -0.2) is 9.78 Å². The highest BCUT2D eigenvalue weighted by Crippen LogP contribution is 2.43. The van der Waals surface area contributed by atoms with Crippen LogP contribution in [-0.4, -0.2) is 91.6 Å². The van der Waals surface area contributed by atoms with Crippen LogP contribution in [0, 0.1) is 5.41 Å². The fourth-order valence-electron chi connectivity index (χ4n) is 4.95. The van der Waals surface area contributed by atoms with Crippen molar-refractivity contribution in [2.75, 3.05) is 51.9 Å². The van der Waals surface area contributed by atoms with E-state index in [1.54, 1.807) is 17.0 Å². The Labute approximate surface area is 239 Å². The van der Waals surface area contributed by atoms with Gasteiger partial charge >= 0.3 is 5.97 Å². The third-order valence-electron chi connectivity index (χ3n) is 6.95. The van der Waals surface area contributed by atoms with E-state index in [0.29, 0.717) is 48.0 Å². The molecule has 12 heteroatoms. The number of pyridine rings is 1. The van der Waals surface area contributed by atoms with E-state index >= 15 is 0 Å². The van der Waals surface area contributed by atoms with Gasteiger partial charge in [0.1, 0.15) is 30.0 Å². The Kier molecular flexibility index (Phi) is 8.52. The van der Waals surface area contributed by atoms with Crippen molar-refractivity contribution in [3.05, 3.63) is 46.3 Å². The lowest BCUT2D eigenvalue weighted by molar-refractivity contribution is -0.143. The third kappa shape index (κ3) is 6.27. The molecule has 4 rings (SSSR count). The van der Waals surface area contributed by atoms with Gasteiger partial charge in [0, 0.05) is 37.3 Å². The van der Waals surface area contributed by atoms with Crippen molar-refractivity contribution in [3.63, 3.8) is 0 Å². The van der Waals surface area contributed by atoms with Gasteiger partial charge < -0.3 is 34.4 Å². The van der Waals surface area contributed by atoms with Gasteiger partial charge in [-0.2, -0.15) is 0 Å². The maximum atomic E-state index is 13.6. The van der Waals surface area contributed by atoms with E-state index in [0.717, 1.165) is 11.3 Å². The summed E-state index contributed by atoms with van der Waals surface area (Å²) >= 11 is 0. The molecule has 2 aromatic rings. The van der Waals surface area contributed by atoms with Crippen LogP contribution in [0.5, 0.6) is 11.5 Å². The smallest absolute Gasteiger partial charge is 0.329 e. The first-order chi connectivity index (χ1) is 19.3. The standard InChI is InChI=1S/C29H37N5O7/c1-7-40-22-10-17-11-34(27(30)24(17)32-25(22)28(38)31-5)13-21(35)16-8-19(29(2,3)4)26-20(9-16)33(6)12-18(41-26)14-39-15-23(36)37/h8-10,18,30H,7,11-15H2,1-6H3,(H,31,38)(H,36,37). The molecule has 220 valence electrons. The van der Waals surface area contributed by atoms with Crippen LogP contribution < -0.4 is 19.7 Å². The van der Waals surface area contributed by atoms with Crippen LogP contribution in [0.25, 0.3) is 0 Å². The molecular formula is C29H37N5O7. The number of carboxylic acid groups (broad SMARTS) is 1. The molecule has 3 heterocycles. The number of ketones is 1. The minimum absolute atomic E-state index is 0.0485. The van der Waals surface area contributed by atoms with Gasteiger partial charge in [-0.05, 0) is 30.5 Å². The lowest BCUT2D eigenvalue weighted by Crippen LogP contribution is -2.42. The van der Waals surface area contributed by atoms with Crippen LogP contribution in [-0.2, 0) is 21.5 Å². The molecule has 0 aliphatic carbocycles. The van der Waals surface area contributed by atoms with Crippen LogP contribution >= 0.6 is 0 Å².